The van der Waals surface area contributed by atoms with Gasteiger partial charge < -0.3 is 5.32 Å². The van der Waals surface area contributed by atoms with Crippen LogP contribution in [0.5, 0.6) is 0 Å². The first-order chi connectivity index (χ1) is 11.5. The highest BCUT2D eigenvalue weighted by Crippen LogP contribution is 2.25. The fraction of sp³-hybridized carbons (Fsp3) is 0.353. The Labute approximate surface area is 148 Å². The van der Waals surface area contributed by atoms with Crippen LogP contribution < -0.4 is 10.9 Å². The number of nitrogens with one attached hydrogen (secondary N) is 1. The molecule has 7 heteroatoms. The lowest BCUT2D eigenvalue weighted by atomic mass is 10.0. The molecule has 0 saturated heterocycles. The second kappa shape index (κ2) is 6.86. The molecular weight excluding hydrogens is 342 g/mol. The third-order valence-electron chi connectivity index (χ3n) is 3.79. The predicted octanol–water partition coefficient (Wildman–Crippen LogP) is 3.34. The minimum absolute atomic E-state index is 0.0226. The van der Waals surface area contributed by atoms with E-state index >= 15 is 0 Å². The van der Waals surface area contributed by atoms with E-state index in [0.29, 0.717) is 10.2 Å². The number of nitrogens with zero attached hydrogens (tertiary/aromatic N) is 2. The number of hydrogen-bond acceptors (Lipinski definition) is 5. The zero-order valence-corrected chi connectivity index (χ0v) is 15.4. The lowest BCUT2D eigenvalue weighted by Gasteiger charge is -2.21. The van der Waals surface area contributed by atoms with Crippen molar-refractivity contribution >= 4 is 38.8 Å². The fourth-order valence-corrected chi connectivity index (χ4v) is 4.39. The predicted molar refractivity (Wildman–Crippen MR) is 98.7 cm³/mol. The van der Waals surface area contributed by atoms with Crippen LogP contribution >= 0.6 is 22.7 Å². The molecule has 1 N–H and O–H groups in total. The van der Waals surface area contributed by atoms with Gasteiger partial charge in [-0.05, 0) is 30.4 Å². The highest BCUT2D eigenvalue weighted by atomic mass is 32.1. The van der Waals surface area contributed by atoms with Crippen LogP contribution in [0.15, 0.2) is 34.7 Å². The molecule has 0 aromatic carbocycles. The van der Waals surface area contributed by atoms with E-state index < -0.39 is 0 Å². The minimum atomic E-state index is -0.183. The van der Waals surface area contributed by atoms with Crippen molar-refractivity contribution in [1.29, 1.82) is 0 Å². The van der Waals surface area contributed by atoms with E-state index in [2.05, 4.69) is 24.1 Å². The minimum Gasteiger partial charge on any atom is -0.347 e. The van der Waals surface area contributed by atoms with Crippen LogP contribution in [0.3, 0.4) is 0 Å². The smallest absolute Gasteiger partial charge is 0.262 e. The molecule has 0 saturated carbocycles. The standard InChI is InChI=1S/C17H19N3O2S2/c1-10(2)15(13-5-4-6-23-13)19-14(21)8-20-9-18-16-12(17(20)22)7-11(3)24-16/h4-7,9-10,15H,8H2,1-3H3,(H,19,21)/t15-/m1/s1. The number of thiophene rings is 2. The molecule has 0 aliphatic rings. The second-order valence-corrected chi connectivity index (χ2v) is 8.27. The van der Waals surface area contributed by atoms with Crippen molar-refractivity contribution in [3.05, 3.63) is 50.0 Å². The van der Waals surface area contributed by atoms with E-state index in [1.54, 1.807) is 11.3 Å². The maximum absolute atomic E-state index is 12.5. The van der Waals surface area contributed by atoms with E-state index in [0.717, 1.165) is 9.75 Å². The summed E-state index contributed by atoms with van der Waals surface area (Å²) in [6, 6.07) is 5.77. The van der Waals surface area contributed by atoms with Gasteiger partial charge in [0, 0.05) is 9.75 Å². The average Bonchev–Trinajstić information content (AvgIpc) is 3.16. The maximum Gasteiger partial charge on any atom is 0.262 e. The summed E-state index contributed by atoms with van der Waals surface area (Å²) in [5, 5.41) is 5.61. The van der Waals surface area contributed by atoms with E-state index in [9.17, 15) is 9.59 Å². The Hall–Kier alpha value is -1.99. The number of aromatic nitrogens is 2. The summed E-state index contributed by atoms with van der Waals surface area (Å²) in [7, 11) is 0. The molecule has 24 heavy (non-hydrogen) atoms. The molecule has 0 aliphatic carbocycles. The summed E-state index contributed by atoms with van der Waals surface area (Å²) < 4.78 is 1.37. The quantitative estimate of drug-likeness (QED) is 0.758. The van der Waals surface area contributed by atoms with E-state index in [1.165, 1.54) is 22.2 Å². The molecule has 0 bridgehead atoms. The third kappa shape index (κ3) is 3.42. The summed E-state index contributed by atoms with van der Waals surface area (Å²) in [6.45, 7) is 6.06. The molecule has 0 radical (unpaired) electrons. The van der Waals surface area contributed by atoms with Gasteiger partial charge in [0.15, 0.2) is 0 Å². The van der Waals surface area contributed by atoms with Gasteiger partial charge >= 0.3 is 0 Å². The van der Waals surface area contributed by atoms with Crippen molar-refractivity contribution in [2.75, 3.05) is 0 Å². The third-order valence-corrected chi connectivity index (χ3v) is 5.70. The van der Waals surface area contributed by atoms with Gasteiger partial charge in [0.05, 0.1) is 17.8 Å². The number of carbonyl (C=O) groups excluding carboxylic acids is 1. The number of fused-ring (bicyclic) bond motifs is 1. The number of hydrogen-bond donors (Lipinski definition) is 1. The van der Waals surface area contributed by atoms with Crippen molar-refractivity contribution in [1.82, 2.24) is 14.9 Å². The van der Waals surface area contributed by atoms with Crippen LogP contribution in [-0.2, 0) is 11.3 Å². The number of amides is 1. The first kappa shape index (κ1) is 16.9. The summed E-state index contributed by atoms with van der Waals surface area (Å²) in [6.07, 6.45) is 1.45. The molecular formula is C17H19N3O2S2. The van der Waals surface area contributed by atoms with Crippen molar-refractivity contribution in [2.24, 2.45) is 5.92 Å². The van der Waals surface area contributed by atoms with Gasteiger partial charge in [-0.15, -0.1) is 22.7 Å². The molecule has 126 valence electrons. The molecule has 3 rings (SSSR count). The zero-order valence-electron chi connectivity index (χ0n) is 13.8. The van der Waals surface area contributed by atoms with Gasteiger partial charge in [-0.1, -0.05) is 19.9 Å². The summed E-state index contributed by atoms with van der Waals surface area (Å²) in [5.74, 6) is 0.0850. The van der Waals surface area contributed by atoms with Crippen LogP contribution in [0.4, 0.5) is 0 Å². The molecule has 0 aliphatic heterocycles. The summed E-state index contributed by atoms with van der Waals surface area (Å²) >= 11 is 3.10. The fourth-order valence-electron chi connectivity index (χ4n) is 2.60. The number of carbonyl (C=O) groups is 1. The Morgan fingerprint density at radius 2 is 2.21 bits per heavy atom. The van der Waals surface area contributed by atoms with E-state index in [-0.39, 0.29) is 30.0 Å². The SMILES string of the molecule is Cc1cc2c(=O)n(CC(=O)N[C@@H](c3cccs3)C(C)C)cnc2s1. The maximum atomic E-state index is 12.5. The molecule has 5 nitrogen and oxygen atoms in total. The Kier molecular flexibility index (Phi) is 4.82. The molecule has 3 heterocycles. The van der Waals surface area contributed by atoms with Crippen LogP contribution in [-0.4, -0.2) is 15.5 Å². The average molecular weight is 361 g/mol. The Morgan fingerprint density at radius 1 is 1.42 bits per heavy atom. The second-order valence-electron chi connectivity index (χ2n) is 6.06. The summed E-state index contributed by atoms with van der Waals surface area (Å²) in [4.78, 5) is 32.1. The van der Waals surface area contributed by atoms with Gasteiger partial charge in [-0.3, -0.25) is 14.2 Å². The lowest BCUT2D eigenvalue weighted by Crippen LogP contribution is -2.36. The highest BCUT2D eigenvalue weighted by Gasteiger charge is 2.20. The van der Waals surface area contributed by atoms with Crippen molar-refractivity contribution < 1.29 is 4.79 Å². The van der Waals surface area contributed by atoms with Gasteiger partial charge in [0.1, 0.15) is 11.4 Å². The normalized spacial score (nSPS) is 12.7. The highest BCUT2D eigenvalue weighted by molar-refractivity contribution is 7.18. The number of aryl methyl sites for hydroxylation is 1. The van der Waals surface area contributed by atoms with Crippen molar-refractivity contribution in [2.45, 2.75) is 33.4 Å². The molecule has 0 unspecified atom stereocenters. The van der Waals surface area contributed by atoms with E-state index in [4.69, 9.17) is 0 Å². The Bertz CT molecular complexity index is 910. The molecule has 0 fully saturated rings. The molecule has 3 aromatic rings. The Balaban J connectivity index is 1.79. The molecule has 1 atom stereocenters. The molecule has 1 amide bonds. The largest absolute Gasteiger partial charge is 0.347 e. The topological polar surface area (TPSA) is 64.0 Å². The molecule has 0 spiro atoms. The first-order valence-electron chi connectivity index (χ1n) is 7.74. The van der Waals surface area contributed by atoms with Crippen molar-refractivity contribution in [3.63, 3.8) is 0 Å². The van der Waals surface area contributed by atoms with Gasteiger partial charge in [-0.25, -0.2) is 4.98 Å². The van der Waals surface area contributed by atoms with Gasteiger partial charge in [0.25, 0.3) is 5.56 Å². The van der Waals surface area contributed by atoms with Crippen molar-refractivity contribution in [3.8, 4) is 0 Å². The number of rotatable bonds is 5. The van der Waals surface area contributed by atoms with Crippen LogP contribution in [0.2, 0.25) is 0 Å². The van der Waals surface area contributed by atoms with Gasteiger partial charge in [-0.2, -0.15) is 0 Å². The lowest BCUT2D eigenvalue weighted by molar-refractivity contribution is -0.122. The van der Waals surface area contributed by atoms with Crippen LogP contribution in [0, 0.1) is 12.8 Å². The Morgan fingerprint density at radius 3 is 2.88 bits per heavy atom. The zero-order chi connectivity index (χ0) is 17.3. The van der Waals surface area contributed by atoms with Crippen LogP contribution in [0.25, 0.3) is 10.2 Å². The molecule has 3 aromatic heterocycles. The summed E-state index contributed by atoms with van der Waals surface area (Å²) in [5.41, 5.74) is -0.170. The monoisotopic (exact) mass is 361 g/mol. The van der Waals surface area contributed by atoms with Crippen LogP contribution in [0.1, 0.15) is 29.6 Å². The van der Waals surface area contributed by atoms with Gasteiger partial charge in [0.2, 0.25) is 5.91 Å². The van der Waals surface area contributed by atoms with E-state index in [1.807, 2.05) is 30.5 Å². The first-order valence-corrected chi connectivity index (χ1v) is 9.43.